The van der Waals surface area contributed by atoms with Crippen molar-refractivity contribution in [2.75, 3.05) is 12.3 Å². The van der Waals surface area contributed by atoms with E-state index >= 15 is 0 Å². The summed E-state index contributed by atoms with van der Waals surface area (Å²) in [6.07, 6.45) is 2.27. The molecule has 0 aromatic carbocycles. The van der Waals surface area contributed by atoms with E-state index in [-0.39, 0.29) is 0 Å². The molecule has 1 saturated carbocycles. The van der Waals surface area contributed by atoms with E-state index in [2.05, 4.69) is 0 Å². The minimum absolute atomic E-state index is 0.408. The molecule has 3 unspecified atom stereocenters. The molecule has 2 nitrogen and oxygen atoms in total. The average molecular weight is 131 g/mol. The van der Waals surface area contributed by atoms with Gasteiger partial charge in [-0.3, -0.25) is 0 Å². The Morgan fingerprint density at radius 1 is 1.75 bits per heavy atom. The zero-order valence-electron chi connectivity index (χ0n) is 4.50. The Balaban J connectivity index is 2.21. The Kier molecular flexibility index (Phi) is 0.699. The molecule has 1 N–H and O–H groups in total. The molecule has 0 radical (unpaired) electrons. The van der Waals surface area contributed by atoms with E-state index in [0.29, 0.717) is 12.1 Å². The molecule has 0 spiro atoms. The summed E-state index contributed by atoms with van der Waals surface area (Å²) in [6, 6.07) is 0. The smallest absolute Gasteiger partial charge is 0.342 e. The summed E-state index contributed by atoms with van der Waals surface area (Å²) >= 11 is 0. The summed E-state index contributed by atoms with van der Waals surface area (Å²) in [6.45, 7) is 0. The number of hydrogen-bond donors (Lipinski definition) is 1. The summed E-state index contributed by atoms with van der Waals surface area (Å²) < 4.78 is 10.7. The van der Waals surface area contributed by atoms with Crippen LogP contribution in [-0.2, 0) is 4.57 Å². The summed E-state index contributed by atoms with van der Waals surface area (Å²) in [5.74, 6) is 0.408. The lowest BCUT2D eigenvalue weighted by Crippen LogP contribution is -2.08. The van der Waals surface area contributed by atoms with E-state index in [1.807, 2.05) is 0 Å². The molecular weight excluding hydrogens is 123 g/mol. The number of hydrogen-bond acceptors (Lipinski definition) is 2. The molecule has 1 saturated heterocycles. The normalized spacial score (nSPS) is 56.1. The second-order valence-electron chi connectivity index (χ2n) is 2.83. The van der Waals surface area contributed by atoms with Gasteiger partial charge in [0.2, 0.25) is 0 Å². The van der Waals surface area contributed by atoms with Gasteiger partial charge in [-0.1, -0.05) is 4.57 Å². The molecule has 0 bridgehead atoms. The topological polar surface area (TPSA) is 37.3 Å². The molecule has 1 aliphatic carbocycles. The third kappa shape index (κ3) is 0.476. The first kappa shape index (κ1) is 4.89. The maximum absolute atomic E-state index is 10.7. The van der Waals surface area contributed by atoms with Gasteiger partial charge in [0.15, 0.2) is 12.3 Å². The van der Waals surface area contributed by atoms with Crippen LogP contribution in [0.5, 0.6) is 0 Å². The summed E-state index contributed by atoms with van der Waals surface area (Å²) in [7, 11) is -1.00. The fraction of sp³-hybridized carbons (Fsp3) is 1.00. The molecule has 2 fully saturated rings. The molecule has 2 aliphatic rings. The molecule has 44 valence electrons. The highest BCUT2D eigenvalue weighted by molar-refractivity contribution is 7.45. The Bertz CT molecular complexity index is 157. The maximum atomic E-state index is 10.7. The lowest BCUT2D eigenvalue weighted by molar-refractivity contribution is 0.165. The van der Waals surface area contributed by atoms with Crippen molar-refractivity contribution in [1.82, 2.24) is 0 Å². The third-order valence-corrected chi connectivity index (χ3v) is 3.82. The Morgan fingerprint density at radius 2 is 2.50 bits per heavy atom. The first-order chi connectivity index (χ1) is 3.71. The highest BCUT2D eigenvalue weighted by atomic mass is 31.1. The van der Waals surface area contributed by atoms with Gasteiger partial charge in [-0.25, -0.2) is 0 Å². The van der Waals surface area contributed by atoms with Crippen molar-refractivity contribution in [3.63, 3.8) is 0 Å². The first-order valence-corrected chi connectivity index (χ1v) is 4.48. The van der Waals surface area contributed by atoms with Crippen molar-refractivity contribution in [2.45, 2.75) is 12.0 Å². The van der Waals surface area contributed by atoms with E-state index in [4.69, 9.17) is 0 Å². The molecular formula is C5H8O2P+. The standard InChI is InChI=1S/C5H8O2P/c6-5-1-4(5)2-8(7)3-5/h4,6H,1-3H2/q+1. The summed E-state index contributed by atoms with van der Waals surface area (Å²) in [5.41, 5.74) is -0.451. The van der Waals surface area contributed by atoms with Crippen molar-refractivity contribution in [1.29, 1.82) is 0 Å². The van der Waals surface area contributed by atoms with Gasteiger partial charge in [0, 0.05) is 5.92 Å². The number of aliphatic hydroxyl groups is 1. The minimum Gasteiger partial charge on any atom is -0.385 e. The van der Waals surface area contributed by atoms with Crippen LogP contribution in [0.1, 0.15) is 6.42 Å². The molecule has 8 heavy (non-hydrogen) atoms. The SMILES string of the molecule is O=[P+]1CC2CC2(O)C1. The van der Waals surface area contributed by atoms with Crippen LogP contribution in [-0.4, -0.2) is 23.0 Å². The van der Waals surface area contributed by atoms with E-state index in [1.165, 1.54) is 0 Å². The molecule has 1 heterocycles. The van der Waals surface area contributed by atoms with Crippen LogP contribution in [0.3, 0.4) is 0 Å². The van der Waals surface area contributed by atoms with E-state index in [9.17, 15) is 9.67 Å². The van der Waals surface area contributed by atoms with Crippen LogP contribution in [0.2, 0.25) is 0 Å². The van der Waals surface area contributed by atoms with Crippen LogP contribution in [0.25, 0.3) is 0 Å². The molecule has 3 heteroatoms. The van der Waals surface area contributed by atoms with Gasteiger partial charge in [0.1, 0.15) is 5.60 Å². The lowest BCUT2D eigenvalue weighted by Gasteiger charge is -1.88. The molecule has 1 aliphatic heterocycles. The molecule has 2 rings (SSSR count). The van der Waals surface area contributed by atoms with Crippen molar-refractivity contribution in [3.05, 3.63) is 0 Å². The van der Waals surface area contributed by atoms with Gasteiger partial charge in [0.25, 0.3) is 0 Å². The van der Waals surface area contributed by atoms with Gasteiger partial charge >= 0.3 is 7.80 Å². The second-order valence-corrected chi connectivity index (χ2v) is 4.47. The predicted octanol–water partition coefficient (Wildman–Crippen LogP) is 0.578. The van der Waals surface area contributed by atoms with Crippen LogP contribution in [0.15, 0.2) is 0 Å². The van der Waals surface area contributed by atoms with Gasteiger partial charge < -0.3 is 5.11 Å². The van der Waals surface area contributed by atoms with Gasteiger partial charge in [0.05, 0.1) is 0 Å². The van der Waals surface area contributed by atoms with Gasteiger partial charge in [-0.05, 0) is 6.42 Å². The van der Waals surface area contributed by atoms with E-state index < -0.39 is 13.4 Å². The summed E-state index contributed by atoms with van der Waals surface area (Å²) in [4.78, 5) is 0. The van der Waals surface area contributed by atoms with E-state index in [0.717, 1.165) is 12.6 Å². The van der Waals surface area contributed by atoms with Crippen molar-refractivity contribution >= 4 is 7.80 Å². The fourth-order valence-corrected chi connectivity index (χ4v) is 3.50. The average Bonchev–Trinajstić information content (AvgIpc) is 2.07. The second kappa shape index (κ2) is 1.14. The molecule has 0 aromatic heterocycles. The van der Waals surface area contributed by atoms with Crippen LogP contribution in [0, 0.1) is 5.92 Å². The minimum atomic E-state index is -1.00. The predicted molar refractivity (Wildman–Crippen MR) is 30.4 cm³/mol. The lowest BCUT2D eigenvalue weighted by atomic mass is 10.3. The van der Waals surface area contributed by atoms with Crippen molar-refractivity contribution < 1.29 is 9.67 Å². The first-order valence-electron chi connectivity index (χ1n) is 2.85. The number of rotatable bonds is 0. The highest BCUT2D eigenvalue weighted by Crippen LogP contribution is 2.58. The maximum Gasteiger partial charge on any atom is 0.342 e. The van der Waals surface area contributed by atoms with Crippen LogP contribution in [0.4, 0.5) is 0 Å². The van der Waals surface area contributed by atoms with Gasteiger partial charge in [-0.2, -0.15) is 0 Å². The zero-order valence-corrected chi connectivity index (χ0v) is 5.40. The van der Waals surface area contributed by atoms with Crippen LogP contribution >= 0.6 is 7.80 Å². The van der Waals surface area contributed by atoms with Crippen molar-refractivity contribution in [3.8, 4) is 0 Å². The fourth-order valence-electron chi connectivity index (χ4n) is 1.41. The number of fused-ring (bicyclic) bond motifs is 1. The summed E-state index contributed by atoms with van der Waals surface area (Å²) in [5, 5.41) is 9.26. The van der Waals surface area contributed by atoms with Crippen LogP contribution < -0.4 is 0 Å². The zero-order chi connectivity index (χ0) is 5.78. The Morgan fingerprint density at radius 3 is 2.75 bits per heavy atom. The largest absolute Gasteiger partial charge is 0.385 e. The quantitative estimate of drug-likeness (QED) is 0.488. The van der Waals surface area contributed by atoms with Gasteiger partial charge in [-0.15, -0.1) is 0 Å². The van der Waals surface area contributed by atoms with Crippen molar-refractivity contribution in [2.24, 2.45) is 5.92 Å². The van der Waals surface area contributed by atoms with E-state index in [1.54, 1.807) is 0 Å². The Labute approximate surface area is 48.7 Å². The Hall–Kier alpha value is 0.0600. The molecule has 0 amide bonds. The molecule has 0 aromatic rings. The monoisotopic (exact) mass is 131 g/mol. The highest BCUT2D eigenvalue weighted by Gasteiger charge is 2.66. The third-order valence-electron chi connectivity index (χ3n) is 2.07. The molecule has 3 atom stereocenters.